The van der Waals surface area contributed by atoms with Gasteiger partial charge in [0.05, 0.1) is 23.0 Å². The Balaban J connectivity index is 1.24. The van der Waals surface area contributed by atoms with Crippen molar-refractivity contribution in [2.75, 3.05) is 0 Å². The van der Waals surface area contributed by atoms with Crippen molar-refractivity contribution >= 4 is 5.97 Å². The number of carboxylic acids is 1. The Labute approximate surface area is 216 Å². The molecule has 0 radical (unpaired) electrons. The highest BCUT2D eigenvalue weighted by molar-refractivity contribution is 5.85. The van der Waals surface area contributed by atoms with Crippen LogP contribution in [0.15, 0.2) is 103 Å². The van der Waals surface area contributed by atoms with Gasteiger partial charge in [-0.15, -0.1) is 0 Å². The zero-order valence-corrected chi connectivity index (χ0v) is 20.6. The monoisotopic (exact) mass is 485 g/mol. The summed E-state index contributed by atoms with van der Waals surface area (Å²) in [6, 6.07) is 32.8. The maximum Gasteiger partial charge on any atom is 0.314 e. The number of hydrogen-bond donors (Lipinski definition) is 1. The second-order valence-electron chi connectivity index (χ2n) is 9.73. The van der Waals surface area contributed by atoms with Crippen LogP contribution in [0.3, 0.4) is 0 Å². The number of aryl methyl sites for hydroxylation is 1. The second kappa shape index (κ2) is 9.17. The van der Waals surface area contributed by atoms with Crippen molar-refractivity contribution in [3.63, 3.8) is 0 Å². The highest BCUT2D eigenvalue weighted by atomic mass is 16.4. The van der Waals surface area contributed by atoms with Crippen LogP contribution in [0.2, 0.25) is 0 Å². The largest absolute Gasteiger partial charge is 0.481 e. The van der Waals surface area contributed by atoms with Crippen LogP contribution in [-0.4, -0.2) is 25.8 Å². The van der Waals surface area contributed by atoms with E-state index in [2.05, 4.69) is 53.6 Å². The standard InChI is InChI=1S/C32H27N3O2/c1-35-30(20-27-8-5-9-29(34-27)25-6-3-2-4-7-25)28(21-33-35)24-12-10-22(11-13-24)23-14-16-26(17-15-23)32(18-19-32)31(36)37/h2-17,21H,18-20H2,1H3,(H,36,37). The van der Waals surface area contributed by atoms with Crippen molar-refractivity contribution in [3.8, 4) is 33.5 Å². The number of benzene rings is 3. The van der Waals surface area contributed by atoms with Crippen molar-refractivity contribution < 1.29 is 9.90 Å². The fraction of sp³-hybridized carbons (Fsp3) is 0.156. The van der Waals surface area contributed by atoms with Gasteiger partial charge in [0, 0.05) is 30.3 Å². The van der Waals surface area contributed by atoms with E-state index in [0.717, 1.165) is 63.3 Å². The van der Waals surface area contributed by atoms with E-state index in [-0.39, 0.29) is 0 Å². The molecule has 1 saturated carbocycles. The second-order valence-corrected chi connectivity index (χ2v) is 9.73. The Morgan fingerprint density at radius 1 is 0.811 bits per heavy atom. The molecule has 1 fully saturated rings. The van der Waals surface area contributed by atoms with Crippen LogP contribution in [0, 0.1) is 0 Å². The first kappa shape index (κ1) is 22.9. The van der Waals surface area contributed by atoms with E-state index in [9.17, 15) is 9.90 Å². The van der Waals surface area contributed by atoms with Crippen LogP contribution in [0.5, 0.6) is 0 Å². The third-order valence-electron chi connectivity index (χ3n) is 7.41. The van der Waals surface area contributed by atoms with Gasteiger partial charge in [-0.05, 0) is 47.2 Å². The topological polar surface area (TPSA) is 68.0 Å². The van der Waals surface area contributed by atoms with Crippen molar-refractivity contribution in [2.24, 2.45) is 7.05 Å². The van der Waals surface area contributed by atoms with Gasteiger partial charge in [-0.3, -0.25) is 14.5 Å². The smallest absolute Gasteiger partial charge is 0.314 e. The lowest BCUT2D eigenvalue weighted by Gasteiger charge is -2.11. The van der Waals surface area contributed by atoms with Gasteiger partial charge in [0.25, 0.3) is 0 Å². The molecule has 182 valence electrons. The SMILES string of the molecule is Cn1ncc(-c2ccc(-c3ccc(C4(C(=O)O)CC4)cc3)cc2)c1Cc1cccc(-c2ccccc2)n1. The molecule has 37 heavy (non-hydrogen) atoms. The summed E-state index contributed by atoms with van der Waals surface area (Å²) in [6.45, 7) is 0. The van der Waals surface area contributed by atoms with Gasteiger partial charge in [0.15, 0.2) is 0 Å². The molecular weight excluding hydrogens is 458 g/mol. The zero-order valence-electron chi connectivity index (χ0n) is 20.6. The van der Waals surface area contributed by atoms with Crippen molar-refractivity contribution in [1.29, 1.82) is 0 Å². The number of aromatic nitrogens is 3. The maximum absolute atomic E-state index is 11.6. The molecule has 5 aromatic rings. The number of aliphatic carboxylic acids is 1. The average molecular weight is 486 g/mol. The van der Waals surface area contributed by atoms with Crippen molar-refractivity contribution in [1.82, 2.24) is 14.8 Å². The highest BCUT2D eigenvalue weighted by Crippen LogP contribution is 2.48. The Morgan fingerprint density at radius 3 is 2.11 bits per heavy atom. The lowest BCUT2D eigenvalue weighted by Crippen LogP contribution is -2.19. The van der Waals surface area contributed by atoms with Crippen LogP contribution in [0.25, 0.3) is 33.5 Å². The molecule has 0 aliphatic heterocycles. The normalized spacial score (nSPS) is 13.9. The molecule has 1 aliphatic rings. The summed E-state index contributed by atoms with van der Waals surface area (Å²) in [7, 11) is 1.97. The van der Waals surface area contributed by atoms with Gasteiger partial charge in [0.1, 0.15) is 0 Å². The van der Waals surface area contributed by atoms with E-state index in [0.29, 0.717) is 6.42 Å². The van der Waals surface area contributed by atoms with Gasteiger partial charge in [-0.2, -0.15) is 5.10 Å². The van der Waals surface area contributed by atoms with Gasteiger partial charge in [-0.25, -0.2) is 0 Å². The predicted molar refractivity (Wildman–Crippen MR) is 145 cm³/mol. The number of carbonyl (C=O) groups is 1. The summed E-state index contributed by atoms with van der Waals surface area (Å²) in [4.78, 5) is 16.5. The number of nitrogens with zero attached hydrogens (tertiary/aromatic N) is 3. The van der Waals surface area contributed by atoms with Gasteiger partial charge in [-0.1, -0.05) is 84.9 Å². The van der Waals surface area contributed by atoms with Crippen LogP contribution in [0.4, 0.5) is 0 Å². The summed E-state index contributed by atoms with van der Waals surface area (Å²) in [5.74, 6) is -0.723. The summed E-state index contributed by atoms with van der Waals surface area (Å²) in [5, 5.41) is 14.1. The summed E-state index contributed by atoms with van der Waals surface area (Å²) in [6.07, 6.45) is 4.04. The minimum atomic E-state index is -0.723. The molecule has 0 amide bonds. The quantitative estimate of drug-likeness (QED) is 0.285. The highest BCUT2D eigenvalue weighted by Gasteiger charge is 2.51. The number of carboxylic acid groups (broad SMARTS) is 1. The molecule has 0 bridgehead atoms. The van der Waals surface area contributed by atoms with Crippen LogP contribution >= 0.6 is 0 Å². The first-order valence-corrected chi connectivity index (χ1v) is 12.5. The third-order valence-corrected chi connectivity index (χ3v) is 7.41. The number of hydrogen-bond acceptors (Lipinski definition) is 3. The van der Waals surface area contributed by atoms with Crippen LogP contribution < -0.4 is 0 Å². The Morgan fingerprint density at radius 2 is 1.46 bits per heavy atom. The predicted octanol–water partition coefficient (Wildman–Crippen LogP) is 6.52. The first-order chi connectivity index (χ1) is 18.0. The van der Waals surface area contributed by atoms with Gasteiger partial charge in [0.2, 0.25) is 0 Å². The van der Waals surface area contributed by atoms with E-state index in [1.54, 1.807) is 0 Å². The molecular formula is C32H27N3O2. The molecule has 2 aromatic heterocycles. The molecule has 5 heteroatoms. The van der Waals surface area contributed by atoms with Crippen molar-refractivity contribution in [3.05, 3.63) is 120 Å². The molecule has 0 spiro atoms. The van der Waals surface area contributed by atoms with Crippen molar-refractivity contribution in [2.45, 2.75) is 24.7 Å². The molecule has 0 saturated heterocycles. The third kappa shape index (κ3) is 4.33. The summed E-state index contributed by atoms with van der Waals surface area (Å²) >= 11 is 0. The lowest BCUT2D eigenvalue weighted by atomic mass is 9.93. The molecule has 1 N–H and O–H groups in total. The molecule has 3 aromatic carbocycles. The fourth-order valence-electron chi connectivity index (χ4n) is 5.01. The van der Waals surface area contributed by atoms with Crippen LogP contribution in [0.1, 0.15) is 29.8 Å². The zero-order chi connectivity index (χ0) is 25.4. The van der Waals surface area contributed by atoms with E-state index >= 15 is 0 Å². The fourth-order valence-corrected chi connectivity index (χ4v) is 5.01. The minimum Gasteiger partial charge on any atom is -0.481 e. The number of pyridine rings is 1. The average Bonchev–Trinajstić information content (AvgIpc) is 3.69. The molecule has 0 atom stereocenters. The van der Waals surface area contributed by atoms with E-state index in [1.165, 1.54) is 0 Å². The Bertz CT molecular complexity index is 1570. The maximum atomic E-state index is 11.6. The van der Waals surface area contributed by atoms with E-state index in [1.807, 2.05) is 66.5 Å². The molecule has 6 rings (SSSR count). The molecule has 2 heterocycles. The van der Waals surface area contributed by atoms with E-state index in [4.69, 9.17) is 4.98 Å². The molecule has 5 nitrogen and oxygen atoms in total. The minimum absolute atomic E-state index is 0.672. The number of rotatable bonds is 7. The Hall–Kier alpha value is -4.51. The molecule has 1 aliphatic carbocycles. The summed E-state index contributed by atoms with van der Waals surface area (Å²) < 4.78 is 1.93. The van der Waals surface area contributed by atoms with E-state index < -0.39 is 11.4 Å². The molecule has 0 unspecified atom stereocenters. The Kier molecular flexibility index (Phi) is 5.68. The lowest BCUT2D eigenvalue weighted by molar-refractivity contribution is -0.140. The summed E-state index contributed by atoms with van der Waals surface area (Å²) in [5.41, 5.74) is 8.76. The van der Waals surface area contributed by atoms with Crippen LogP contribution in [-0.2, 0) is 23.7 Å². The van der Waals surface area contributed by atoms with Gasteiger partial charge < -0.3 is 5.11 Å². The first-order valence-electron chi connectivity index (χ1n) is 12.5. The van der Waals surface area contributed by atoms with Gasteiger partial charge >= 0.3 is 5.97 Å².